The summed E-state index contributed by atoms with van der Waals surface area (Å²) in [6.07, 6.45) is 0. The molecule has 0 aliphatic heterocycles. The van der Waals surface area contributed by atoms with Gasteiger partial charge in [0.25, 0.3) is 0 Å². The second-order valence-corrected chi connectivity index (χ2v) is 3.81. The highest BCUT2D eigenvalue weighted by atomic mass is 79.9. The summed E-state index contributed by atoms with van der Waals surface area (Å²) in [6.45, 7) is 0. The van der Waals surface area contributed by atoms with Gasteiger partial charge in [-0.1, -0.05) is 0 Å². The van der Waals surface area contributed by atoms with Crippen molar-refractivity contribution in [3.8, 4) is 6.07 Å². The summed E-state index contributed by atoms with van der Waals surface area (Å²) < 4.78 is 5.20. The fraction of sp³-hybridized carbons (Fsp3) is 0.200. The third kappa shape index (κ3) is 2.31. The van der Waals surface area contributed by atoms with Gasteiger partial charge >= 0.3 is 5.97 Å². The summed E-state index contributed by atoms with van der Waals surface area (Å²) in [5.74, 6) is -0.415. The van der Waals surface area contributed by atoms with E-state index >= 15 is 0 Å². The Morgan fingerprint density at radius 1 is 1.67 bits per heavy atom. The lowest BCUT2D eigenvalue weighted by atomic mass is 10.0. The van der Waals surface area contributed by atoms with Gasteiger partial charge in [0.15, 0.2) is 0 Å². The molecule has 0 N–H and O–H groups in total. The van der Waals surface area contributed by atoms with E-state index in [0.717, 1.165) is 0 Å². The van der Waals surface area contributed by atoms with Crippen molar-refractivity contribution in [3.05, 3.63) is 33.3 Å². The number of carbonyl (C=O) groups is 1. The van der Waals surface area contributed by atoms with Crippen LogP contribution in [0.4, 0.5) is 0 Å². The predicted octanol–water partition coefficient (Wildman–Crippen LogP) is 2.85. The van der Waals surface area contributed by atoms with E-state index in [9.17, 15) is 4.79 Å². The summed E-state index contributed by atoms with van der Waals surface area (Å²) in [6, 6.07) is 5.21. The topological polar surface area (TPSA) is 50.1 Å². The minimum Gasteiger partial charge on any atom is -0.465 e. The highest BCUT2D eigenvalue weighted by Gasteiger charge is 2.18. The van der Waals surface area contributed by atoms with Crippen LogP contribution in [0.2, 0.25) is 0 Å². The minimum absolute atomic E-state index is 0.0900. The Hall–Kier alpha value is -1.05. The maximum absolute atomic E-state index is 11.5. The first-order valence-electron chi connectivity index (χ1n) is 4.01. The molecule has 78 valence electrons. The average molecular weight is 289 g/mol. The Balaban J connectivity index is 3.47. The molecule has 0 bridgehead atoms. The van der Waals surface area contributed by atoms with E-state index in [1.54, 1.807) is 12.1 Å². The molecule has 3 nitrogen and oxygen atoms in total. The zero-order valence-corrected chi connectivity index (χ0v) is 10.2. The monoisotopic (exact) mass is 287 g/mol. The second kappa shape index (κ2) is 5.15. The summed E-state index contributed by atoms with van der Waals surface area (Å²) in [7, 11) is 1.28. The number of alkyl halides is 1. The molecule has 0 saturated heterocycles. The van der Waals surface area contributed by atoms with Gasteiger partial charge in [0.1, 0.15) is 0 Å². The van der Waals surface area contributed by atoms with Crippen LogP contribution in [0.1, 0.15) is 21.5 Å². The van der Waals surface area contributed by atoms with Crippen LogP contribution in [0, 0.1) is 11.3 Å². The highest BCUT2D eigenvalue weighted by molar-refractivity contribution is 9.10. The molecule has 15 heavy (non-hydrogen) atoms. The van der Waals surface area contributed by atoms with Gasteiger partial charge in [0.2, 0.25) is 0 Å². The molecule has 0 atom stereocenters. The van der Waals surface area contributed by atoms with Crippen molar-refractivity contribution in [1.29, 1.82) is 5.26 Å². The fourth-order valence-corrected chi connectivity index (χ4v) is 2.00. The van der Waals surface area contributed by atoms with Gasteiger partial charge in [-0.2, -0.15) is 5.26 Å². The zero-order chi connectivity index (χ0) is 11.4. The van der Waals surface area contributed by atoms with Crippen molar-refractivity contribution in [2.24, 2.45) is 0 Å². The largest absolute Gasteiger partial charge is 0.465 e. The molecule has 0 unspecified atom stereocenters. The van der Waals surface area contributed by atoms with Crippen LogP contribution in [0.15, 0.2) is 16.6 Å². The summed E-state index contributed by atoms with van der Waals surface area (Å²) >= 11 is 8.93. The lowest BCUT2D eigenvalue weighted by molar-refractivity contribution is 0.0598. The Bertz CT molecular complexity index is 440. The number of nitrogens with zero attached hydrogens (tertiary/aromatic N) is 1. The first kappa shape index (κ1) is 12.0. The Morgan fingerprint density at radius 3 is 2.80 bits per heavy atom. The third-order valence-corrected chi connectivity index (χ3v) is 2.83. The SMILES string of the molecule is COC(=O)c1c(Br)ccc(C#N)c1CCl. The molecule has 0 radical (unpaired) electrons. The Kier molecular flexibility index (Phi) is 4.13. The molecule has 5 heteroatoms. The van der Waals surface area contributed by atoms with Crippen LogP contribution >= 0.6 is 27.5 Å². The van der Waals surface area contributed by atoms with Gasteiger partial charge in [-0.05, 0) is 28.1 Å². The number of benzene rings is 1. The first-order valence-corrected chi connectivity index (χ1v) is 5.34. The third-order valence-electron chi connectivity index (χ3n) is 1.91. The van der Waals surface area contributed by atoms with E-state index in [1.165, 1.54) is 7.11 Å². The van der Waals surface area contributed by atoms with Crippen LogP contribution < -0.4 is 0 Å². The van der Waals surface area contributed by atoms with Gasteiger partial charge in [0.05, 0.1) is 24.3 Å². The van der Waals surface area contributed by atoms with Crippen molar-refractivity contribution in [2.45, 2.75) is 5.88 Å². The van der Waals surface area contributed by atoms with Gasteiger partial charge in [0, 0.05) is 15.9 Å². The van der Waals surface area contributed by atoms with Crippen molar-refractivity contribution < 1.29 is 9.53 Å². The second-order valence-electron chi connectivity index (χ2n) is 2.69. The van der Waals surface area contributed by atoms with E-state index in [2.05, 4.69) is 20.7 Å². The Morgan fingerprint density at radius 2 is 2.33 bits per heavy atom. The normalized spacial score (nSPS) is 9.47. The van der Waals surface area contributed by atoms with E-state index in [1.807, 2.05) is 6.07 Å². The standard InChI is InChI=1S/C10H7BrClNO2/c1-15-10(14)9-7(4-12)6(5-13)2-3-8(9)11/h2-3H,4H2,1H3. The van der Waals surface area contributed by atoms with Crippen LogP contribution in [0.3, 0.4) is 0 Å². The molecule has 0 fully saturated rings. The number of nitriles is 1. The van der Waals surface area contributed by atoms with E-state index < -0.39 is 5.97 Å². The van der Waals surface area contributed by atoms with Crippen molar-refractivity contribution in [2.75, 3.05) is 7.11 Å². The fourth-order valence-electron chi connectivity index (χ4n) is 1.19. The molecule has 0 aromatic heterocycles. The molecular weight excluding hydrogens is 281 g/mol. The Labute approximate surface area is 101 Å². The first-order chi connectivity index (χ1) is 7.15. The minimum atomic E-state index is -0.505. The number of methoxy groups -OCH3 is 1. The molecular formula is C10H7BrClNO2. The van der Waals surface area contributed by atoms with E-state index in [0.29, 0.717) is 21.2 Å². The molecule has 0 amide bonds. The lowest BCUT2D eigenvalue weighted by Crippen LogP contribution is -2.07. The number of esters is 1. The van der Waals surface area contributed by atoms with Crippen LogP contribution in [-0.2, 0) is 10.6 Å². The quantitative estimate of drug-likeness (QED) is 0.621. The number of hydrogen-bond acceptors (Lipinski definition) is 3. The van der Waals surface area contributed by atoms with Crippen LogP contribution in [-0.4, -0.2) is 13.1 Å². The smallest absolute Gasteiger partial charge is 0.339 e. The number of halogens is 2. The van der Waals surface area contributed by atoms with Gasteiger partial charge in [-0.15, -0.1) is 11.6 Å². The van der Waals surface area contributed by atoms with Crippen LogP contribution in [0.25, 0.3) is 0 Å². The molecule has 1 aromatic carbocycles. The molecule has 0 aliphatic carbocycles. The molecule has 0 spiro atoms. The molecule has 1 rings (SSSR count). The number of rotatable bonds is 2. The zero-order valence-electron chi connectivity index (χ0n) is 7.88. The van der Waals surface area contributed by atoms with Crippen molar-refractivity contribution >= 4 is 33.5 Å². The van der Waals surface area contributed by atoms with Gasteiger partial charge in [-0.25, -0.2) is 4.79 Å². The maximum Gasteiger partial charge on any atom is 0.339 e. The van der Waals surface area contributed by atoms with Gasteiger partial charge < -0.3 is 4.74 Å². The van der Waals surface area contributed by atoms with Crippen LogP contribution in [0.5, 0.6) is 0 Å². The predicted molar refractivity (Wildman–Crippen MR) is 59.8 cm³/mol. The number of ether oxygens (including phenoxy) is 1. The number of carbonyl (C=O) groups excluding carboxylic acids is 1. The van der Waals surface area contributed by atoms with Crippen molar-refractivity contribution in [3.63, 3.8) is 0 Å². The number of hydrogen-bond donors (Lipinski definition) is 0. The highest BCUT2D eigenvalue weighted by Crippen LogP contribution is 2.26. The maximum atomic E-state index is 11.5. The summed E-state index contributed by atoms with van der Waals surface area (Å²) in [5.41, 5.74) is 1.18. The van der Waals surface area contributed by atoms with E-state index in [-0.39, 0.29) is 5.88 Å². The summed E-state index contributed by atoms with van der Waals surface area (Å²) in [5, 5.41) is 8.84. The molecule has 1 aromatic rings. The summed E-state index contributed by atoms with van der Waals surface area (Å²) in [4.78, 5) is 11.5. The van der Waals surface area contributed by atoms with E-state index in [4.69, 9.17) is 16.9 Å². The lowest BCUT2D eigenvalue weighted by Gasteiger charge is -2.08. The van der Waals surface area contributed by atoms with Crippen molar-refractivity contribution in [1.82, 2.24) is 0 Å². The molecule has 0 heterocycles. The average Bonchev–Trinajstić information content (AvgIpc) is 2.27. The molecule has 0 saturated carbocycles. The molecule has 0 aliphatic rings. The van der Waals surface area contributed by atoms with Gasteiger partial charge in [-0.3, -0.25) is 0 Å².